The lowest BCUT2D eigenvalue weighted by molar-refractivity contribution is 0.183. The summed E-state index contributed by atoms with van der Waals surface area (Å²) < 4.78 is 1.73. The smallest absolute Gasteiger partial charge is 0.147 e. The fraction of sp³-hybridized carbons (Fsp3) is 0.727. The summed E-state index contributed by atoms with van der Waals surface area (Å²) in [4.78, 5) is 0. The van der Waals surface area contributed by atoms with Crippen molar-refractivity contribution in [3.8, 4) is 0 Å². The van der Waals surface area contributed by atoms with Gasteiger partial charge in [-0.15, -0.1) is 0 Å². The molecule has 0 spiro atoms. The van der Waals surface area contributed by atoms with Gasteiger partial charge in [-0.3, -0.25) is 4.68 Å². The van der Waals surface area contributed by atoms with Crippen LogP contribution >= 0.6 is 0 Å². The van der Waals surface area contributed by atoms with Crippen LogP contribution in [0.4, 0.5) is 11.5 Å². The molecule has 0 amide bonds. The highest BCUT2D eigenvalue weighted by Crippen LogP contribution is 2.27. The van der Waals surface area contributed by atoms with E-state index in [-0.39, 0.29) is 6.10 Å². The highest BCUT2D eigenvalue weighted by molar-refractivity contribution is 5.65. The van der Waals surface area contributed by atoms with Gasteiger partial charge in [0.1, 0.15) is 5.82 Å². The van der Waals surface area contributed by atoms with Crippen LogP contribution in [0.1, 0.15) is 38.8 Å². The summed E-state index contributed by atoms with van der Waals surface area (Å²) in [5.41, 5.74) is 7.59. The maximum atomic E-state index is 9.48. The van der Waals surface area contributed by atoms with Crippen molar-refractivity contribution < 1.29 is 5.11 Å². The number of hydrogen-bond acceptors (Lipinski definition) is 4. The van der Waals surface area contributed by atoms with E-state index in [1.807, 2.05) is 14.0 Å². The molecule has 16 heavy (non-hydrogen) atoms. The quantitative estimate of drug-likeness (QED) is 0.707. The first-order chi connectivity index (χ1) is 7.47. The zero-order valence-electron chi connectivity index (χ0n) is 10.5. The number of nitrogens with one attached hydrogen (secondary N) is 1. The van der Waals surface area contributed by atoms with Crippen molar-refractivity contribution in [3.63, 3.8) is 0 Å². The largest absolute Gasteiger partial charge is 0.394 e. The molecule has 0 aliphatic heterocycles. The van der Waals surface area contributed by atoms with E-state index in [0.29, 0.717) is 18.2 Å². The maximum absolute atomic E-state index is 9.48. The fourth-order valence-corrected chi connectivity index (χ4v) is 1.56. The maximum Gasteiger partial charge on any atom is 0.147 e. The van der Waals surface area contributed by atoms with Crippen LogP contribution in [-0.4, -0.2) is 27.5 Å². The third-order valence-electron chi connectivity index (χ3n) is 2.64. The van der Waals surface area contributed by atoms with Gasteiger partial charge in [0, 0.05) is 13.6 Å². The van der Waals surface area contributed by atoms with Gasteiger partial charge in [0.05, 0.1) is 17.5 Å². The van der Waals surface area contributed by atoms with Crippen LogP contribution < -0.4 is 11.1 Å². The minimum absolute atomic E-state index is 0.304. The van der Waals surface area contributed by atoms with E-state index >= 15 is 0 Å². The number of rotatable bonds is 5. The molecule has 1 aromatic heterocycles. The van der Waals surface area contributed by atoms with Gasteiger partial charge in [0.25, 0.3) is 0 Å². The van der Waals surface area contributed by atoms with Crippen molar-refractivity contribution >= 4 is 11.5 Å². The highest BCUT2D eigenvalue weighted by atomic mass is 16.3. The van der Waals surface area contributed by atoms with Crippen LogP contribution in [0, 0.1) is 0 Å². The van der Waals surface area contributed by atoms with E-state index in [0.717, 1.165) is 17.9 Å². The molecule has 0 radical (unpaired) electrons. The van der Waals surface area contributed by atoms with E-state index < -0.39 is 0 Å². The summed E-state index contributed by atoms with van der Waals surface area (Å²) in [6.45, 7) is 6.56. The Kier molecular flexibility index (Phi) is 4.18. The molecular weight excluding hydrogens is 204 g/mol. The number of aliphatic hydroxyl groups is 1. The third-order valence-corrected chi connectivity index (χ3v) is 2.64. The van der Waals surface area contributed by atoms with Gasteiger partial charge in [0.15, 0.2) is 0 Å². The number of anilines is 2. The van der Waals surface area contributed by atoms with Gasteiger partial charge in [-0.1, -0.05) is 20.8 Å². The first kappa shape index (κ1) is 12.8. The summed E-state index contributed by atoms with van der Waals surface area (Å²) in [5, 5.41) is 17.0. The van der Waals surface area contributed by atoms with E-state index in [1.54, 1.807) is 4.68 Å². The number of hydrogen-bond donors (Lipinski definition) is 3. The minimum Gasteiger partial charge on any atom is -0.394 e. The normalized spacial score (nSPS) is 13.1. The molecule has 1 heterocycles. The van der Waals surface area contributed by atoms with Crippen molar-refractivity contribution in [2.45, 2.75) is 39.2 Å². The molecule has 0 fully saturated rings. The topological polar surface area (TPSA) is 76.1 Å². The number of aromatic nitrogens is 2. The molecule has 5 heteroatoms. The predicted molar refractivity (Wildman–Crippen MR) is 66.5 cm³/mol. The van der Waals surface area contributed by atoms with Gasteiger partial charge in [-0.2, -0.15) is 5.10 Å². The standard InChI is InChI=1S/C11H22N4O/c1-5-8(16)6-13-11-9(12)10(7(2)3)14-15(11)4/h7-8,13,16H,5-6,12H2,1-4H3. The van der Waals surface area contributed by atoms with Gasteiger partial charge >= 0.3 is 0 Å². The Balaban J connectivity index is 2.80. The summed E-state index contributed by atoms with van der Waals surface area (Å²) in [6, 6.07) is 0. The molecule has 92 valence electrons. The second-order valence-corrected chi connectivity index (χ2v) is 4.37. The molecule has 0 aromatic carbocycles. The Bertz CT molecular complexity index is 346. The zero-order chi connectivity index (χ0) is 12.3. The number of nitrogens with zero attached hydrogens (tertiary/aromatic N) is 2. The molecule has 4 N–H and O–H groups in total. The van der Waals surface area contributed by atoms with E-state index in [4.69, 9.17) is 5.73 Å². The average molecular weight is 226 g/mol. The monoisotopic (exact) mass is 226 g/mol. The molecule has 0 saturated carbocycles. The summed E-state index contributed by atoms with van der Waals surface area (Å²) >= 11 is 0. The third kappa shape index (κ3) is 2.66. The molecular formula is C11H22N4O. The van der Waals surface area contributed by atoms with Crippen LogP contribution in [0.25, 0.3) is 0 Å². The van der Waals surface area contributed by atoms with Crippen molar-refractivity contribution in [2.75, 3.05) is 17.6 Å². The lowest BCUT2D eigenvalue weighted by atomic mass is 10.1. The van der Waals surface area contributed by atoms with E-state index in [9.17, 15) is 5.11 Å². The minimum atomic E-state index is -0.350. The zero-order valence-corrected chi connectivity index (χ0v) is 10.5. The summed E-state index contributed by atoms with van der Waals surface area (Å²) in [7, 11) is 1.85. The molecule has 1 atom stereocenters. The van der Waals surface area contributed by atoms with Crippen LogP contribution in [0.2, 0.25) is 0 Å². The van der Waals surface area contributed by atoms with Crippen molar-refractivity contribution in [1.29, 1.82) is 0 Å². The number of nitrogens with two attached hydrogens (primary N) is 1. The van der Waals surface area contributed by atoms with Crippen LogP contribution in [0.3, 0.4) is 0 Å². The first-order valence-electron chi connectivity index (χ1n) is 5.71. The van der Waals surface area contributed by atoms with E-state index in [2.05, 4.69) is 24.3 Å². The molecule has 5 nitrogen and oxygen atoms in total. The van der Waals surface area contributed by atoms with Gasteiger partial charge in [0.2, 0.25) is 0 Å². The van der Waals surface area contributed by atoms with Crippen molar-refractivity contribution in [3.05, 3.63) is 5.69 Å². The number of aryl methyl sites for hydroxylation is 1. The van der Waals surface area contributed by atoms with Crippen LogP contribution in [0.15, 0.2) is 0 Å². The Labute approximate surface area is 96.6 Å². The summed E-state index contributed by atoms with van der Waals surface area (Å²) in [5.74, 6) is 1.09. The van der Waals surface area contributed by atoms with Gasteiger partial charge in [-0.25, -0.2) is 0 Å². The molecule has 1 rings (SSSR count). The second kappa shape index (κ2) is 5.21. The summed E-state index contributed by atoms with van der Waals surface area (Å²) in [6.07, 6.45) is 0.374. The number of nitrogen functional groups attached to an aromatic ring is 1. The lowest BCUT2D eigenvalue weighted by Crippen LogP contribution is -2.20. The Morgan fingerprint density at radius 2 is 2.12 bits per heavy atom. The van der Waals surface area contributed by atoms with Crippen molar-refractivity contribution in [2.24, 2.45) is 7.05 Å². The van der Waals surface area contributed by atoms with Crippen LogP contribution in [-0.2, 0) is 7.05 Å². The first-order valence-corrected chi connectivity index (χ1v) is 5.71. The molecule has 1 unspecified atom stereocenters. The van der Waals surface area contributed by atoms with E-state index in [1.165, 1.54) is 0 Å². The molecule has 0 bridgehead atoms. The lowest BCUT2D eigenvalue weighted by Gasteiger charge is -2.11. The van der Waals surface area contributed by atoms with Gasteiger partial charge in [-0.05, 0) is 12.3 Å². The predicted octanol–water partition coefficient (Wildman–Crippen LogP) is 1.31. The highest BCUT2D eigenvalue weighted by Gasteiger charge is 2.15. The Morgan fingerprint density at radius 3 is 2.56 bits per heavy atom. The SMILES string of the molecule is CCC(O)CNc1c(N)c(C(C)C)nn1C. The fourth-order valence-electron chi connectivity index (χ4n) is 1.56. The Morgan fingerprint density at radius 1 is 1.50 bits per heavy atom. The Hall–Kier alpha value is -1.23. The molecule has 0 aliphatic rings. The van der Waals surface area contributed by atoms with Crippen LogP contribution in [0.5, 0.6) is 0 Å². The average Bonchev–Trinajstić information content (AvgIpc) is 2.51. The molecule has 1 aromatic rings. The molecule has 0 aliphatic carbocycles. The second-order valence-electron chi connectivity index (χ2n) is 4.37. The van der Waals surface area contributed by atoms with Crippen molar-refractivity contribution in [1.82, 2.24) is 9.78 Å². The van der Waals surface area contributed by atoms with Gasteiger partial charge < -0.3 is 16.2 Å². The number of aliphatic hydroxyl groups excluding tert-OH is 1. The molecule has 0 saturated heterocycles.